The van der Waals surface area contributed by atoms with E-state index >= 15 is 0 Å². The molecule has 0 aliphatic heterocycles. The summed E-state index contributed by atoms with van der Waals surface area (Å²) in [4.78, 5) is 0.0377. The molecule has 2 aromatic rings. The molecular formula is C13H9BrClFN2S. The molecule has 0 unspecified atom stereocenters. The Morgan fingerprint density at radius 1 is 1.21 bits per heavy atom. The summed E-state index contributed by atoms with van der Waals surface area (Å²) in [5, 5.41) is 3.62. The molecule has 0 heterocycles. The van der Waals surface area contributed by atoms with Crippen molar-refractivity contribution in [2.45, 2.75) is 0 Å². The molecule has 2 aromatic carbocycles. The maximum Gasteiger partial charge on any atom is 0.135 e. The van der Waals surface area contributed by atoms with Crippen LogP contribution < -0.4 is 11.1 Å². The van der Waals surface area contributed by atoms with Gasteiger partial charge < -0.3 is 11.1 Å². The fourth-order valence-electron chi connectivity index (χ4n) is 1.53. The van der Waals surface area contributed by atoms with E-state index in [1.165, 1.54) is 6.07 Å². The summed E-state index contributed by atoms with van der Waals surface area (Å²) in [6.07, 6.45) is 0. The highest BCUT2D eigenvalue weighted by molar-refractivity contribution is 9.10. The largest absolute Gasteiger partial charge is 0.389 e. The van der Waals surface area contributed by atoms with Crippen LogP contribution in [0.1, 0.15) is 5.56 Å². The first-order chi connectivity index (χ1) is 8.97. The second kappa shape index (κ2) is 5.86. The molecule has 0 bridgehead atoms. The van der Waals surface area contributed by atoms with Gasteiger partial charge in [0.25, 0.3) is 0 Å². The van der Waals surface area contributed by atoms with E-state index in [0.29, 0.717) is 10.7 Å². The van der Waals surface area contributed by atoms with Crippen molar-refractivity contribution in [1.29, 1.82) is 0 Å². The van der Waals surface area contributed by atoms with Crippen LogP contribution >= 0.6 is 39.7 Å². The van der Waals surface area contributed by atoms with Gasteiger partial charge in [-0.1, -0.05) is 23.8 Å². The molecule has 0 saturated heterocycles. The molecule has 0 aliphatic carbocycles. The molecule has 0 saturated carbocycles. The Morgan fingerprint density at radius 2 is 1.84 bits per heavy atom. The van der Waals surface area contributed by atoms with Gasteiger partial charge in [0.2, 0.25) is 0 Å². The highest BCUT2D eigenvalue weighted by Gasteiger charge is 2.06. The second-order valence-electron chi connectivity index (χ2n) is 3.81. The molecule has 0 aliphatic rings. The molecule has 0 aromatic heterocycles. The third-order valence-electron chi connectivity index (χ3n) is 2.44. The third kappa shape index (κ3) is 3.43. The molecule has 0 fully saturated rings. The number of hydrogen-bond donors (Lipinski definition) is 2. The van der Waals surface area contributed by atoms with E-state index in [1.54, 1.807) is 18.2 Å². The molecule has 0 spiro atoms. The SMILES string of the molecule is NC(=S)c1ccc(Nc2ccc(Br)c(Cl)c2)cc1F. The van der Waals surface area contributed by atoms with E-state index in [9.17, 15) is 4.39 Å². The lowest BCUT2D eigenvalue weighted by Gasteiger charge is -2.09. The molecule has 2 nitrogen and oxygen atoms in total. The maximum absolute atomic E-state index is 13.7. The fourth-order valence-corrected chi connectivity index (χ4v) is 2.13. The van der Waals surface area contributed by atoms with Gasteiger partial charge in [-0.3, -0.25) is 0 Å². The van der Waals surface area contributed by atoms with Crippen molar-refractivity contribution < 1.29 is 4.39 Å². The van der Waals surface area contributed by atoms with Crippen molar-refractivity contribution in [2.24, 2.45) is 5.73 Å². The van der Waals surface area contributed by atoms with Crippen LogP contribution in [-0.2, 0) is 0 Å². The Morgan fingerprint density at radius 3 is 2.42 bits per heavy atom. The van der Waals surface area contributed by atoms with Gasteiger partial charge in [0.05, 0.1) is 5.02 Å². The van der Waals surface area contributed by atoms with E-state index in [1.807, 2.05) is 12.1 Å². The lowest BCUT2D eigenvalue weighted by molar-refractivity contribution is 0.626. The van der Waals surface area contributed by atoms with Crippen LogP contribution in [0.3, 0.4) is 0 Å². The van der Waals surface area contributed by atoms with Crippen molar-refractivity contribution in [3.05, 3.63) is 57.3 Å². The average Bonchev–Trinajstić information content (AvgIpc) is 2.33. The Kier molecular flexibility index (Phi) is 4.39. The van der Waals surface area contributed by atoms with Crippen LogP contribution in [0.15, 0.2) is 40.9 Å². The second-order valence-corrected chi connectivity index (χ2v) is 5.51. The predicted molar refractivity (Wildman–Crippen MR) is 84.7 cm³/mol. The Balaban J connectivity index is 2.26. The summed E-state index contributed by atoms with van der Waals surface area (Å²) in [5.74, 6) is -0.458. The Labute approximate surface area is 128 Å². The molecular weight excluding hydrogens is 351 g/mol. The van der Waals surface area contributed by atoms with Gasteiger partial charge in [-0.25, -0.2) is 4.39 Å². The summed E-state index contributed by atoms with van der Waals surface area (Å²) in [5.41, 5.74) is 6.99. The van der Waals surface area contributed by atoms with Crippen LogP contribution in [0.2, 0.25) is 5.02 Å². The first-order valence-electron chi connectivity index (χ1n) is 5.29. The number of anilines is 2. The number of halogens is 3. The molecule has 98 valence electrons. The number of thiocarbonyl (C=S) groups is 1. The molecule has 3 N–H and O–H groups in total. The number of rotatable bonds is 3. The van der Waals surface area contributed by atoms with Crippen molar-refractivity contribution >= 4 is 56.1 Å². The zero-order chi connectivity index (χ0) is 14.0. The van der Waals surface area contributed by atoms with Gasteiger partial charge >= 0.3 is 0 Å². The Bertz CT molecular complexity index is 649. The first-order valence-corrected chi connectivity index (χ1v) is 6.87. The van der Waals surface area contributed by atoms with Gasteiger partial charge in [-0.2, -0.15) is 0 Å². The van der Waals surface area contributed by atoms with Crippen molar-refractivity contribution in [3.63, 3.8) is 0 Å². The quantitative estimate of drug-likeness (QED) is 0.785. The summed E-state index contributed by atoms with van der Waals surface area (Å²) < 4.78 is 14.5. The fraction of sp³-hybridized carbons (Fsp3) is 0. The minimum Gasteiger partial charge on any atom is -0.389 e. The maximum atomic E-state index is 13.7. The van der Waals surface area contributed by atoms with Gasteiger partial charge in [-0.15, -0.1) is 0 Å². The monoisotopic (exact) mass is 358 g/mol. The van der Waals surface area contributed by atoms with Gasteiger partial charge in [-0.05, 0) is 52.3 Å². The lowest BCUT2D eigenvalue weighted by Crippen LogP contribution is -2.11. The van der Waals surface area contributed by atoms with E-state index in [-0.39, 0.29) is 10.6 Å². The van der Waals surface area contributed by atoms with Crippen LogP contribution in [0, 0.1) is 5.82 Å². The lowest BCUT2D eigenvalue weighted by atomic mass is 10.2. The smallest absolute Gasteiger partial charge is 0.135 e. The number of nitrogens with one attached hydrogen (secondary N) is 1. The van der Waals surface area contributed by atoms with E-state index in [0.717, 1.165) is 10.2 Å². The molecule has 0 amide bonds. The van der Waals surface area contributed by atoms with Gasteiger partial charge in [0, 0.05) is 21.4 Å². The summed E-state index contributed by atoms with van der Waals surface area (Å²) in [6, 6.07) is 9.96. The summed E-state index contributed by atoms with van der Waals surface area (Å²) >= 11 is 14.0. The number of benzene rings is 2. The van der Waals surface area contributed by atoms with E-state index in [4.69, 9.17) is 29.6 Å². The average molecular weight is 360 g/mol. The predicted octanol–water partition coefficient (Wildman–Crippen LogP) is 4.62. The molecule has 2 rings (SSSR count). The Hall–Kier alpha value is -1.17. The van der Waals surface area contributed by atoms with Crippen molar-refractivity contribution in [1.82, 2.24) is 0 Å². The highest BCUT2D eigenvalue weighted by atomic mass is 79.9. The molecule has 6 heteroatoms. The number of nitrogens with two attached hydrogens (primary N) is 1. The van der Waals surface area contributed by atoms with Gasteiger partial charge in [0.15, 0.2) is 0 Å². The minimum atomic E-state index is -0.458. The van der Waals surface area contributed by atoms with E-state index in [2.05, 4.69) is 21.2 Å². The van der Waals surface area contributed by atoms with Crippen molar-refractivity contribution in [3.8, 4) is 0 Å². The van der Waals surface area contributed by atoms with Crippen LogP contribution in [-0.4, -0.2) is 4.99 Å². The van der Waals surface area contributed by atoms with Crippen LogP contribution in [0.5, 0.6) is 0 Å². The summed E-state index contributed by atoms with van der Waals surface area (Å²) in [6.45, 7) is 0. The molecule has 0 atom stereocenters. The van der Waals surface area contributed by atoms with Crippen molar-refractivity contribution in [2.75, 3.05) is 5.32 Å². The highest BCUT2D eigenvalue weighted by Crippen LogP contribution is 2.27. The summed E-state index contributed by atoms with van der Waals surface area (Å²) in [7, 11) is 0. The van der Waals surface area contributed by atoms with Crippen LogP contribution in [0.25, 0.3) is 0 Å². The third-order valence-corrected chi connectivity index (χ3v) is 3.90. The molecule has 0 radical (unpaired) electrons. The van der Waals surface area contributed by atoms with Crippen LogP contribution in [0.4, 0.5) is 15.8 Å². The standard InChI is InChI=1S/C13H9BrClFN2S/c14-10-4-2-7(5-11(10)15)18-8-1-3-9(13(17)19)12(16)6-8/h1-6,18H,(H2,17,19). The normalized spacial score (nSPS) is 10.3. The minimum absolute atomic E-state index is 0.0377. The topological polar surface area (TPSA) is 38.0 Å². The van der Waals surface area contributed by atoms with E-state index < -0.39 is 5.82 Å². The zero-order valence-corrected chi connectivity index (χ0v) is 12.7. The first kappa shape index (κ1) is 14.2. The zero-order valence-electron chi connectivity index (χ0n) is 9.58. The van der Waals surface area contributed by atoms with Gasteiger partial charge in [0.1, 0.15) is 10.8 Å². The number of hydrogen-bond acceptors (Lipinski definition) is 2. The molecule has 19 heavy (non-hydrogen) atoms.